The molecule has 2 atom stereocenters. The summed E-state index contributed by atoms with van der Waals surface area (Å²) in [6.45, 7) is 8.14. The number of allylic oxidation sites excluding steroid dienone is 3. The zero-order chi connectivity index (χ0) is 12.4. The molecule has 0 spiro atoms. The highest BCUT2D eigenvalue weighted by atomic mass is 16.6. The minimum Gasteiger partial charge on any atom is -0.458 e. The molecule has 1 heterocycles. The van der Waals surface area contributed by atoms with E-state index in [2.05, 4.69) is 32.6 Å². The summed E-state index contributed by atoms with van der Waals surface area (Å²) in [7, 11) is 0. The molecule has 0 saturated carbocycles. The molecule has 17 heavy (non-hydrogen) atoms. The topological polar surface area (TPSA) is 26.3 Å². The molecule has 2 aliphatic rings. The molecule has 0 aromatic rings. The third kappa shape index (κ3) is 2.68. The number of carbonyl (C=O) groups is 1. The molecule has 0 aromatic heterocycles. The predicted octanol–water partition coefficient (Wildman–Crippen LogP) is 3.55. The maximum absolute atomic E-state index is 11.6. The Labute approximate surface area is 103 Å². The Morgan fingerprint density at radius 1 is 1.29 bits per heavy atom. The molecule has 0 N–H and O–H groups in total. The molecule has 0 radical (unpaired) electrons. The normalized spacial score (nSPS) is 30.2. The van der Waals surface area contributed by atoms with Crippen LogP contribution in [0.4, 0.5) is 0 Å². The summed E-state index contributed by atoms with van der Waals surface area (Å²) in [6, 6.07) is 0. The van der Waals surface area contributed by atoms with Gasteiger partial charge in [-0.2, -0.15) is 0 Å². The van der Waals surface area contributed by atoms with Crippen LogP contribution in [0.3, 0.4) is 0 Å². The molecule has 2 heteroatoms. The van der Waals surface area contributed by atoms with Crippen molar-refractivity contribution < 1.29 is 9.53 Å². The van der Waals surface area contributed by atoms with Crippen molar-refractivity contribution in [1.82, 2.24) is 0 Å². The molecule has 92 valence electrons. The van der Waals surface area contributed by atoms with E-state index in [-0.39, 0.29) is 18.0 Å². The van der Waals surface area contributed by atoms with Crippen molar-refractivity contribution in [3.05, 3.63) is 35.5 Å². The van der Waals surface area contributed by atoms with Gasteiger partial charge < -0.3 is 4.74 Å². The van der Waals surface area contributed by atoms with Crippen LogP contribution in [0, 0.1) is 5.92 Å². The van der Waals surface area contributed by atoms with Gasteiger partial charge in [-0.1, -0.05) is 29.9 Å². The van der Waals surface area contributed by atoms with Gasteiger partial charge in [0, 0.05) is 17.9 Å². The van der Waals surface area contributed by atoms with Gasteiger partial charge in [0.1, 0.15) is 6.10 Å². The van der Waals surface area contributed by atoms with E-state index in [9.17, 15) is 4.79 Å². The summed E-state index contributed by atoms with van der Waals surface area (Å²) >= 11 is 0. The molecule has 1 fully saturated rings. The van der Waals surface area contributed by atoms with E-state index in [0.29, 0.717) is 5.57 Å². The first-order valence-corrected chi connectivity index (χ1v) is 6.29. The Morgan fingerprint density at radius 2 is 2.06 bits per heavy atom. The first kappa shape index (κ1) is 12.2. The van der Waals surface area contributed by atoms with Crippen LogP contribution in [0.1, 0.15) is 39.5 Å². The Hall–Kier alpha value is -1.31. The van der Waals surface area contributed by atoms with Crippen molar-refractivity contribution in [3.63, 3.8) is 0 Å². The second-order valence-corrected chi connectivity index (χ2v) is 5.15. The van der Waals surface area contributed by atoms with Gasteiger partial charge in [-0.05, 0) is 33.1 Å². The monoisotopic (exact) mass is 232 g/mol. The smallest absolute Gasteiger partial charge is 0.334 e. The van der Waals surface area contributed by atoms with E-state index in [1.54, 1.807) is 0 Å². The lowest BCUT2D eigenvalue weighted by Gasteiger charge is -2.18. The van der Waals surface area contributed by atoms with Gasteiger partial charge in [0.2, 0.25) is 0 Å². The highest BCUT2D eigenvalue weighted by Crippen LogP contribution is 2.34. The minimum atomic E-state index is -0.210. The van der Waals surface area contributed by atoms with Crippen molar-refractivity contribution in [2.45, 2.75) is 45.6 Å². The van der Waals surface area contributed by atoms with Gasteiger partial charge in [-0.3, -0.25) is 0 Å². The van der Waals surface area contributed by atoms with Crippen molar-refractivity contribution in [2.24, 2.45) is 5.92 Å². The number of ether oxygens (including phenoxy) is 1. The van der Waals surface area contributed by atoms with Gasteiger partial charge in [0.15, 0.2) is 0 Å². The van der Waals surface area contributed by atoms with Gasteiger partial charge in [-0.25, -0.2) is 4.79 Å². The number of esters is 1. The Kier molecular flexibility index (Phi) is 3.51. The van der Waals surface area contributed by atoms with Gasteiger partial charge >= 0.3 is 5.97 Å². The molecular weight excluding hydrogens is 212 g/mol. The molecule has 1 aliphatic carbocycles. The average Bonchev–Trinajstić information content (AvgIpc) is 2.52. The van der Waals surface area contributed by atoms with Crippen LogP contribution in [0.25, 0.3) is 0 Å². The average molecular weight is 232 g/mol. The second-order valence-electron chi connectivity index (χ2n) is 5.15. The largest absolute Gasteiger partial charge is 0.458 e. The Balaban J connectivity index is 2.23. The lowest BCUT2D eigenvalue weighted by Crippen LogP contribution is -2.17. The molecular formula is C15H20O2. The lowest BCUT2D eigenvalue weighted by molar-refractivity contribution is -0.139. The van der Waals surface area contributed by atoms with Crippen LogP contribution in [-0.2, 0) is 9.53 Å². The van der Waals surface area contributed by atoms with E-state index in [4.69, 9.17) is 4.74 Å². The van der Waals surface area contributed by atoms with E-state index < -0.39 is 0 Å². The predicted molar refractivity (Wildman–Crippen MR) is 68.5 cm³/mol. The summed E-state index contributed by atoms with van der Waals surface area (Å²) in [5.74, 6) is -0.0444. The Morgan fingerprint density at radius 3 is 2.82 bits per heavy atom. The number of hydrogen-bond acceptors (Lipinski definition) is 2. The van der Waals surface area contributed by atoms with E-state index in [1.807, 2.05) is 0 Å². The highest BCUT2D eigenvalue weighted by Gasteiger charge is 2.37. The number of rotatable bonds is 0. The Bertz CT molecular complexity index is 401. The maximum atomic E-state index is 11.6. The standard InChI is InChI=1S/C15H20O2/c1-10-5-4-6-11(2)9-14-13(8-7-10)12(3)15(16)17-14/h6-7,13-14H,3-5,8-9H2,1-2H3/t13-,14+/m1/s1. The van der Waals surface area contributed by atoms with E-state index in [0.717, 1.165) is 25.7 Å². The quantitative estimate of drug-likeness (QED) is 0.363. The summed E-state index contributed by atoms with van der Waals surface area (Å²) in [6.07, 6.45) is 8.41. The summed E-state index contributed by atoms with van der Waals surface area (Å²) in [4.78, 5) is 11.6. The molecule has 0 amide bonds. The number of fused-ring (bicyclic) bond motifs is 1. The molecule has 2 nitrogen and oxygen atoms in total. The molecule has 1 saturated heterocycles. The van der Waals surface area contributed by atoms with Crippen LogP contribution in [0.15, 0.2) is 35.5 Å². The van der Waals surface area contributed by atoms with Crippen LogP contribution in [-0.4, -0.2) is 12.1 Å². The van der Waals surface area contributed by atoms with Crippen LogP contribution >= 0.6 is 0 Å². The van der Waals surface area contributed by atoms with Crippen molar-refractivity contribution in [1.29, 1.82) is 0 Å². The second kappa shape index (κ2) is 4.91. The first-order chi connectivity index (χ1) is 8.08. The lowest BCUT2D eigenvalue weighted by atomic mass is 9.88. The van der Waals surface area contributed by atoms with Crippen molar-refractivity contribution in [3.8, 4) is 0 Å². The fraction of sp³-hybridized carbons (Fsp3) is 0.533. The minimum absolute atomic E-state index is 0.00611. The van der Waals surface area contributed by atoms with Crippen LogP contribution in [0.5, 0.6) is 0 Å². The fourth-order valence-corrected chi connectivity index (χ4v) is 2.53. The van der Waals surface area contributed by atoms with Crippen LogP contribution in [0.2, 0.25) is 0 Å². The third-order valence-corrected chi connectivity index (χ3v) is 3.69. The summed E-state index contributed by atoms with van der Waals surface area (Å²) in [5, 5.41) is 0. The highest BCUT2D eigenvalue weighted by molar-refractivity contribution is 5.90. The summed E-state index contributed by atoms with van der Waals surface area (Å²) in [5.41, 5.74) is 3.35. The van der Waals surface area contributed by atoms with Crippen molar-refractivity contribution in [2.75, 3.05) is 0 Å². The molecule has 0 unspecified atom stereocenters. The van der Waals surface area contributed by atoms with Gasteiger partial charge in [0.05, 0.1) is 0 Å². The third-order valence-electron chi connectivity index (χ3n) is 3.69. The zero-order valence-corrected chi connectivity index (χ0v) is 10.7. The number of hydrogen-bond donors (Lipinski definition) is 0. The molecule has 2 rings (SSSR count). The molecule has 1 aliphatic heterocycles. The van der Waals surface area contributed by atoms with Gasteiger partial charge in [-0.15, -0.1) is 0 Å². The van der Waals surface area contributed by atoms with Gasteiger partial charge in [0.25, 0.3) is 0 Å². The zero-order valence-electron chi connectivity index (χ0n) is 10.7. The van der Waals surface area contributed by atoms with Crippen molar-refractivity contribution >= 4 is 5.97 Å². The molecule has 0 aromatic carbocycles. The first-order valence-electron chi connectivity index (χ1n) is 6.29. The van der Waals surface area contributed by atoms with E-state index in [1.165, 1.54) is 11.1 Å². The SMILES string of the molecule is C=C1C(=O)O[C@H]2CC(C)=CCCC(C)=CC[C@H]12. The van der Waals surface area contributed by atoms with Crippen LogP contribution < -0.4 is 0 Å². The number of carbonyl (C=O) groups excluding carboxylic acids is 1. The van der Waals surface area contributed by atoms with E-state index >= 15 is 0 Å². The maximum Gasteiger partial charge on any atom is 0.334 e. The molecule has 0 bridgehead atoms. The summed E-state index contributed by atoms with van der Waals surface area (Å²) < 4.78 is 5.41. The fourth-order valence-electron chi connectivity index (χ4n) is 2.53.